The molecule has 0 aromatic rings. The van der Waals surface area contributed by atoms with Gasteiger partial charge in [0.25, 0.3) is 0 Å². The van der Waals surface area contributed by atoms with Crippen molar-refractivity contribution in [2.75, 3.05) is 0 Å². The highest BCUT2D eigenvalue weighted by molar-refractivity contribution is 5.80. The lowest BCUT2D eigenvalue weighted by Crippen LogP contribution is -2.47. The minimum absolute atomic E-state index is 0.0278. The molecule has 0 bridgehead atoms. The average Bonchev–Trinajstić information content (AvgIpc) is 3.21. The Morgan fingerprint density at radius 2 is 1.23 bits per heavy atom. The summed E-state index contributed by atoms with van der Waals surface area (Å²) in [5.74, 6) is -0.956. The first-order valence-electron chi connectivity index (χ1n) is 12.2. The van der Waals surface area contributed by atoms with Gasteiger partial charge in [-0.1, -0.05) is 51.4 Å². The zero-order valence-corrected chi connectivity index (χ0v) is 19.4. The summed E-state index contributed by atoms with van der Waals surface area (Å²) in [6, 6.07) is 0.918. The van der Waals surface area contributed by atoms with E-state index in [0.717, 1.165) is 37.8 Å². The summed E-state index contributed by atoms with van der Waals surface area (Å²) in [5.41, 5.74) is -0.608. The molecular weight excluding hydrogens is 380 g/mol. The fraction of sp³-hybridized carbons (Fsp3) is 0.917. The Bertz CT molecular complexity index is 498. The van der Waals surface area contributed by atoms with Gasteiger partial charge < -0.3 is 20.5 Å². The highest BCUT2D eigenvalue weighted by Crippen LogP contribution is 2.28. The zero-order valence-electron chi connectivity index (χ0n) is 19.4. The number of carbonyl (C=O) groups is 2. The molecule has 0 aliphatic heterocycles. The van der Waals surface area contributed by atoms with E-state index in [1.165, 1.54) is 64.2 Å². The van der Waals surface area contributed by atoms with Gasteiger partial charge in [0.05, 0.1) is 0 Å². The van der Waals surface area contributed by atoms with Crippen molar-refractivity contribution in [3.05, 3.63) is 0 Å². The van der Waals surface area contributed by atoms with Crippen LogP contribution in [0.1, 0.15) is 111 Å². The van der Waals surface area contributed by atoms with Crippen molar-refractivity contribution in [3.63, 3.8) is 0 Å². The largest absolute Gasteiger partial charge is 0.480 e. The number of hydrogen-bond donors (Lipinski definition) is 3. The fourth-order valence-corrected chi connectivity index (χ4v) is 4.98. The Balaban J connectivity index is 0.000000220. The van der Waals surface area contributed by atoms with Gasteiger partial charge >= 0.3 is 12.1 Å². The Morgan fingerprint density at radius 1 is 0.800 bits per heavy atom. The summed E-state index contributed by atoms with van der Waals surface area (Å²) in [5, 5.41) is 15.4. The van der Waals surface area contributed by atoms with Gasteiger partial charge in [-0.25, -0.2) is 9.59 Å². The van der Waals surface area contributed by atoms with Crippen molar-refractivity contribution in [3.8, 4) is 0 Å². The van der Waals surface area contributed by atoms with Crippen molar-refractivity contribution in [2.45, 2.75) is 134 Å². The first-order valence-corrected chi connectivity index (χ1v) is 12.2. The van der Waals surface area contributed by atoms with E-state index < -0.39 is 23.7 Å². The number of carboxylic acid groups (broad SMARTS) is 1. The van der Waals surface area contributed by atoms with Gasteiger partial charge in [-0.15, -0.1) is 0 Å². The van der Waals surface area contributed by atoms with Gasteiger partial charge in [0, 0.05) is 12.1 Å². The summed E-state index contributed by atoms with van der Waals surface area (Å²) in [6.07, 6.45) is 17.7. The lowest BCUT2D eigenvalue weighted by Gasteiger charge is -2.30. The van der Waals surface area contributed by atoms with Gasteiger partial charge in [0.15, 0.2) is 0 Å². The van der Waals surface area contributed by atoms with Crippen LogP contribution in [0.25, 0.3) is 0 Å². The maximum atomic E-state index is 11.5. The normalized spacial score (nSPS) is 22.6. The molecule has 0 aromatic carbocycles. The second kappa shape index (κ2) is 12.5. The van der Waals surface area contributed by atoms with Crippen molar-refractivity contribution >= 4 is 12.1 Å². The van der Waals surface area contributed by atoms with E-state index >= 15 is 0 Å². The first-order chi connectivity index (χ1) is 14.2. The summed E-state index contributed by atoms with van der Waals surface area (Å²) >= 11 is 0. The van der Waals surface area contributed by atoms with Crippen LogP contribution < -0.4 is 10.6 Å². The minimum Gasteiger partial charge on any atom is -0.480 e. The minimum atomic E-state index is -0.984. The Morgan fingerprint density at radius 3 is 1.63 bits per heavy atom. The number of nitrogens with one attached hydrogen (secondary N) is 2. The van der Waals surface area contributed by atoms with Crippen LogP contribution in [0.4, 0.5) is 4.79 Å². The quantitative estimate of drug-likeness (QED) is 0.550. The fourth-order valence-electron chi connectivity index (χ4n) is 4.98. The molecule has 0 heterocycles. The lowest BCUT2D eigenvalue weighted by molar-refractivity contribution is -0.140. The number of carboxylic acids is 1. The van der Waals surface area contributed by atoms with Crippen LogP contribution in [-0.2, 0) is 9.53 Å². The van der Waals surface area contributed by atoms with Crippen molar-refractivity contribution < 1.29 is 19.4 Å². The molecule has 3 N–H and O–H groups in total. The summed E-state index contributed by atoms with van der Waals surface area (Å²) < 4.78 is 5.06. The van der Waals surface area contributed by atoms with Gasteiger partial charge in [-0.2, -0.15) is 0 Å². The molecule has 3 saturated carbocycles. The zero-order chi connectivity index (χ0) is 22.0. The molecule has 6 nitrogen and oxygen atoms in total. The smallest absolute Gasteiger partial charge is 0.408 e. The standard InChI is InChI=1S/C12H21NO4.C12H23N/c1-12(2,3)17-11(16)13-9(10(14)15)8-6-4-5-7-8;1-3-7-11(8-4-1)13-12-9-5-2-6-10-12/h8-9H,4-7H2,1-3H3,(H,13,16)(H,14,15);11-13H,1-10H2/t9-;/m0./s1. The molecule has 1 atom stereocenters. The Labute approximate surface area is 182 Å². The van der Waals surface area contributed by atoms with Gasteiger partial charge in [0.2, 0.25) is 0 Å². The maximum Gasteiger partial charge on any atom is 0.408 e. The number of carbonyl (C=O) groups excluding carboxylic acids is 1. The van der Waals surface area contributed by atoms with Crippen LogP contribution in [0.2, 0.25) is 0 Å². The predicted octanol–water partition coefficient (Wildman–Crippen LogP) is 5.40. The van der Waals surface area contributed by atoms with E-state index in [-0.39, 0.29) is 5.92 Å². The highest BCUT2D eigenvalue weighted by atomic mass is 16.6. The number of amides is 1. The van der Waals surface area contributed by atoms with Gasteiger partial charge in [-0.3, -0.25) is 0 Å². The third-order valence-corrected chi connectivity index (χ3v) is 6.49. The van der Waals surface area contributed by atoms with Gasteiger partial charge in [-0.05, 0) is 65.2 Å². The van der Waals surface area contributed by atoms with Gasteiger partial charge in [0.1, 0.15) is 11.6 Å². The number of rotatable bonds is 5. The second-order valence-corrected chi connectivity index (χ2v) is 10.3. The summed E-state index contributed by atoms with van der Waals surface area (Å²) in [4.78, 5) is 22.7. The van der Waals surface area contributed by atoms with Crippen LogP contribution in [-0.4, -0.2) is 40.9 Å². The van der Waals surface area contributed by atoms with E-state index in [1.807, 2.05) is 0 Å². The number of ether oxygens (including phenoxy) is 1. The summed E-state index contributed by atoms with van der Waals surface area (Å²) in [7, 11) is 0. The molecule has 0 unspecified atom stereocenters. The van der Waals surface area contributed by atoms with E-state index in [0.29, 0.717) is 0 Å². The molecule has 0 radical (unpaired) electrons. The molecule has 174 valence electrons. The van der Waals surface area contributed by atoms with Crippen LogP contribution in [0, 0.1) is 5.92 Å². The third kappa shape index (κ3) is 9.67. The van der Waals surface area contributed by atoms with Crippen molar-refractivity contribution in [2.24, 2.45) is 5.92 Å². The molecule has 3 fully saturated rings. The molecule has 30 heavy (non-hydrogen) atoms. The number of alkyl carbamates (subject to hydrolysis) is 1. The molecule has 0 saturated heterocycles. The second-order valence-electron chi connectivity index (χ2n) is 10.3. The van der Waals surface area contributed by atoms with Crippen LogP contribution >= 0.6 is 0 Å². The molecule has 0 spiro atoms. The molecule has 1 amide bonds. The molecule has 3 aliphatic carbocycles. The number of aliphatic carboxylic acids is 1. The molecule has 3 rings (SSSR count). The molecular formula is C24H44N2O4. The molecule has 6 heteroatoms. The first kappa shape index (κ1) is 25.0. The van der Waals surface area contributed by atoms with E-state index in [1.54, 1.807) is 20.8 Å². The SMILES string of the molecule is C1CCC(NC2CCCCC2)CC1.CC(C)(C)OC(=O)N[C@H](C(=O)O)C1CCCC1. The maximum absolute atomic E-state index is 11.5. The monoisotopic (exact) mass is 424 g/mol. The molecule has 3 aliphatic rings. The average molecular weight is 425 g/mol. The van der Waals surface area contributed by atoms with E-state index in [4.69, 9.17) is 9.84 Å². The third-order valence-electron chi connectivity index (χ3n) is 6.49. The van der Waals surface area contributed by atoms with Crippen LogP contribution in [0.5, 0.6) is 0 Å². The van der Waals surface area contributed by atoms with Crippen LogP contribution in [0.3, 0.4) is 0 Å². The Kier molecular flexibility index (Phi) is 10.4. The van der Waals surface area contributed by atoms with E-state index in [9.17, 15) is 9.59 Å². The van der Waals surface area contributed by atoms with Crippen molar-refractivity contribution in [1.82, 2.24) is 10.6 Å². The van der Waals surface area contributed by atoms with E-state index in [2.05, 4.69) is 10.6 Å². The topological polar surface area (TPSA) is 87.7 Å². The Hall–Kier alpha value is -1.30. The highest BCUT2D eigenvalue weighted by Gasteiger charge is 2.33. The number of hydrogen-bond acceptors (Lipinski definition) is 4. The van der Waals surface area contributed by atoms with Crippen molar-refractivity contribution in [1.29, 1.82) is 0 Å². The predicted molar refractivity (Wildman–Crippen MR) is 120 cm³/mol. The lowest BCUT2D eigenvalue weighted by atomic mass is 9.91. The summed E-state index contributed by atoms with van der Waals surface area (Å²) in [6.45, 7) is 5.24. The molecule has 0 aromatic heterocycles. The van der Waals surface area contributed by atoms with Crippen LogP contribution in [0.15, 0.2) is 0 Å².